The van der Waals surface area contributed by atoms with Gasteiger partial charge in [-0.05, 0) is 43.6 Å². The number of hydrogen-bond acceptors (Lipinski definition) is 2. The molecule has 0 radical (unpaired) electrons. The Morgan fingerprint density at radius 1 is 1.28 bits per heavy atom. The molecule has 3 nitrogen and oxygen atoms in total. The first kappa shape index (κ1) is 15.8. The molecule has 0 aromatic carbocycles. The smallest absolute Gasteiger partial charge is 0.222 e. The van der Waals surface area contributed by atoms with Crippen molar-refractivity contribution in [2.75, 3.05) is 20.1 Å². The van der Waals surface area contributed by atoms with Crippen LogP contribution in [0.2, 0.25) is 0 Å². The van der Waals surface area contributed by atoms with Crippen molar-refractivity contribution >= 4 is 18.3 Å². The molecule has 2 rings (SSSR count). The largest absolute Gasteiger partial charge is 0.345 e. The van der Waals surface area contributed by atoms with Crippen molar-refractivity contribution in [3.8, 4) is 0 Å². The number of amides is 1. The first-order valence-corrected chi connectivity index (χ1v) is 7.09. The van der Waals surface area contributed by atoms with E-state index in [4.69, 9.17) is 5.73 Å². The molecule has 106 valence electrons. The van der Waals surface area contributed by atoms with E-state index in [0.717, 1.165) is 25.3 Å². The Morgan fingerprint density at radius 3 is 2.39 bits per heavy atom. The third-order valence-corrected chi connectivity index (χ3v) is 4.53. The van der Waals surface area contributed by atoms with Crippen molar-refractivity contribution in [3.63, 3.8) is 0 Å². The molecule has 0 unspecified atom stereocenters. The summed E-state index contributed by atoms with van der Waals surface area (Å²) in [5.74, 6) is 1.09. The average molecular weight is 275 g/mol. The Hall–Kier alpha value is -0.280. The normalized spacial score (nSPS) is 22.1. The van der Waals surface area contributed by atoms with E-state index in [9.17, 15) is 4.79 Å². The predicted octanol–water partition coefficient (Wildman–Crippen LogP) is 2.58. The molecule has 18 heavy (non-hydrogen) atoms. The van der Waals surface area contributed by atoms with Crippen LogP contribution in [-0.4, -0.2) is 30.9 Å². The molecule has 1 amide bonds. The first-order chi connectivity index (χ1) is 8.15. The highest BCUT2D eigenvalue weighted by atomic mass is 35.5. The van der Waals surface area contributed by atoms with Gasteiger partial charge in [-0.2, -0.15) is 0 Å². The maximum absolute atomic E-state index is 12.2. The summed E-state index contributed by atoms with van der Waals surface area (Å²) >= 11 is 0. The van der Waals surface area contributed by atoms with Crippen LogP contribution in [0.1, 0.15) is 51.4 Å². The summed E-state index contributed by atoms with van der Waals surface area (Å²) in [5.41, 5.74) is 6.05. The highest BCUT2D eigenvalue weighted by Gasteiger charge is 2.34. The number of hydrogen-bond donors (Lipinski definition) is 1. The quantitative estimate of drug-likeness (QED) is 0.838. The highest BCUT2D eigenvalue weighted by molar-refractivity contribution is 5.85. The lowest BCUT2D eigenvalue weighted by Crippen LogP contribution is -2.39. The summed E-state index contributed by atoms with van der Waals surface area (Å²) < 4.78 is 0. The van der Waals surface area contributed by atoms with Gasteiger partial charge in [0.25, 0.3) is 0 Å². The second-order valence-corrected chi connectivity index (χ2v) is 6.16. The van der Waals surface area contributed by atoms with Crippen LogP contribution in [0, 0.1) is 11.3 Å². The molecule has 0 bridgehead atoms. The van der Waals surface area contributed by atoms with Crippen molar-refractivity contribution < 1.29 is 4.79 Å². The topological polar surface area (TPSA) is 46.3 Å². The van der Waals surface area contributed by atoms with Gasteiger partial charge < -0.3 is 10.6 Å². The van der Waals surface area contributed by atoms with Crippen LogP contribution in [0.15, 0.2) is 0 Å². The summed E-state index contributed by atoms with van der Waals surface area (Å²) in [7, 11) is 1.95. The van der Waals surface area contributed by atoms with Gasteiger partial charge in [0.05, 0.1) is 0 Å². The summed E-state index contributed by atoms with van der Waals surface area (Å²) in [4.78, 5) is 14.1. The molecular formula is C14H27ClN2O. The first-order valence-electron chi connectivity index (χ1n) is 7.09. The van der Waals surface area contributed by atoms with Crippen molar-refractivity contribution in [2.45, 2.75) is 51.4 Å². The molecule has 2 aliphatic rings. The molecule has 0 heterocycles. The molecule has 2 fully saturated rings. The third kappa shape index (κ3) is 4.13. The number of rotatable bonds is 5. The monoisotopic (exact) mass is 274 g/mol. The van der Waals surface area contributed by atoms with Gasteiger partial charge in [0.15, 0.2) is 0 Å². The van der Waals surface area contributed by atoms with Crippen LogP contribution in [0.5, 0.6) is 0 Å². The Balaban J connectivity index is 0.00000162. The zero-order valence-corrected chi connectivity index (χ0v) is 12.3. The lowest BCUT2D eigenvalue weighted by atomic mass is 9.71. The maximum atomic E-state index is 12.2. The Morgan fingerprint density at radius 2 is 1.89 bits per heavy atom. The molecule has 0 atom stereocenters. The SMILES string of the molecule is CN(CC1CC1)C(=O)CC1(CN)CCCCC1.Cl. The standard InChI is InChI=1S/C14H26N2O.ClH/c1-16(10-12-5-6-12)13(17)9-14(11-15)7-3-2-4-8-14;/h12H,2-11,15H2,1H3;1H. The minimum atomic E-state index is 0. The predicted molar refractivity (Wildman–Crippen MR) is 76.8 cm³/mol. The minimum Gasteiger partial charge on any atom is -0.345 e. The number of nitrogens with zero attached hydrogens (tertiary/aromatic N) is 1. The average Bonchev–Trinajstić information content (AvgIpc) is 3.14. The van der Waals surface area contributed by atoms with Gasteiger partial charge in [0.1, 0.15) is 0 Å². The van der Waals surface area contributed by atoms with Crippen molar-refractivity contribution in [2.24, 2.45) is 17.1 Å². The van der Waals surface area contributed by atoms with Gasteiger partial charge in [0, 0.05) is 20.0 Å². The van der Waals surface area contributed by atoms with Gasteiger partial charge in [-0.1, -0.05) is 19.3 Å². The van der Waals surface area contributed by atoms with Gasteiger partial charge in [-0.3, -0.25) is 4.79 Å². The molecule has 0 spiro atoms. The van der Waals surface area contributed by atoms with Crippen LogP contribution in [0.4, 0.5) is 0 Å². The van der Waals surface area contributed by atoms with Crippen LogP contribution >= 0.6 is 12.4 Å². The van der Waals surface area contributed by atoms with E-state index in [1.807, 2.05) is 11.9 Å². The van der Waals surface area contributed by atoms with Crippen LogP contribution in [0.3, 0.4) is 0 Å². The Kier molecular flexibility index (Phi) is 5.93. The second-order valence-electron chi connectivity index (χ2n) is 6.16. The Labute approximate surface area is 117 Å². The maximum Gasteiger partial charge on any atom is 0.222 e. The Bertz CT molecular complexity index is 273. The minimum absolute atomic E-state index is 0. The third-order valence-electron chi connectivity index (χ3n) is 4.53. The molecule has 2 N–H and O–H groups in total. The number of halogens is 1. The van der Waals surface area contributed by atoms with Crippen LogP contribution < -0.4 is 5.73 Å². The summed E-state index contributed by atoms with van der Waals surface area (Å²) in [6.07, 6.45) is 9.38. The summed E-state index contributed by atoms with van der Waals surface area (Å²) in [5, 5.41) is 0. The second kappa shape index (κ2) is 6.76. The van der Waals surface area contributed by atoms with E-state index in [1.54, 1.807) is 0 Å². The number of carbonyl (C=O) groups is 1. The molecular weight excluding hydrogens is 248 g/mol. The van der Waals surface area contributed by atoms with E-state index < -0.39 is 0 Å². The van der Waals surface area contributed by atoms with Crippen molar-refractivity contribution in [3.05, 3.63) is 0 Å². The van der Waals surface area contributed by atoms with E-state index in [0.29, 0.717) is 18.9 Å². The fraction of sp³-hybridized carbons (Fsp3) is 0.929. The summed E-state index contributed by atoms with van der Waals surface area (Å²) in [6, 6.07) is 0. The zero-order valence-electron chi connectivity index (χ0n) is 11.5. The van der Waals surface area contributed by atoms with Crippen LogP contribution in [-0.2, 0) is 4.79 Å². The van der Waals surface area contributed by atoms with Gasteiger partial charge in [0.2, 0.25) is 5.91 Å². The van der Waals surface area contributed by atoms with E-state index in [1.165, 1.54) is 32.1 Å². The van der Waals surface area contributed by atoms with Gasteiger partial charge in [-0.15, -0.1) is 12.4 Å². The lowest BCUT2D eigenvalue weighted by molar-refractivity contribution is -0.133. The molecule has 0 aromatic heterocycles. The summed E-state index contributed by atoms with van der Waals surface area (Å²) in [6.45, 7) is 1.63. The fourth-order valence-corrected chi connectivity index (χ4v) is 3.00. The van der Waals surface area contributed by atoms with E-state index in [-0.39, 0.29) is 17.8 Å². The lowest BCUT2D eigenvalue weighted by Gasteiger charge is -2.36. The molecule has 0 aromatic rings. The van der Waals surface area contributed by atoms with Crippen LogP contribution in [0.25, 0.3) is 0 Å². The molecule has 2 saturated carbocycles. The molecule has 0 aliphatic heterocycles. The van der Waals surface area contributed by atoms with E-state index >= 15 is 0 Å². The zero-order chi connectivity index (χ0) is 12.3. The molecule has 4 heteroatoms. The highest BCUT2D eigenvalue weighted by Crippen LogP contribution is 2.39. The number of nitrogens with two attached hydrogens (primary N) is 1. The van der Waals surface area contributed by atoms with Gasteiger partial charge >= 0.3 is 0 Å². The fourth-order valence-electron chi connectivity index (χ4n) is 3.00. The van der Waals surface area contributed by atoms with E-state index in [2.05, 4.69) is 0 Å². The van der Waals surface area contributed by atoms with Crippen molar-refractivity contribution in [1.29, 1.82) is 0 Å². The van der Waals surface area contributed by atoms with Crippen molar-refractivity contribution in [1.82, 2.24) is 4.90 Å². The molecule has 2 aliphatic carbocycles. The van der Waals surface area contributed by atoms with Gasteiger partial charge in [-0.25, -0.2) is 0 Å². The molecule has 0 saturated heterocycles. The number of carbonyl (C=O) groups excluding carboxylic acids is 1.